The summed E-state index contributed by atoms with van der Waals surface area (Å²) in [5, 5.41) is -1.27. The molecule has 0 saturated carbocycles. The Morgan fingerprint density at radius 2 is 1.00 bits per heavy atom. The Balaban J connectivity index is 2.19. The van der Waals surface area contributed by atoms with Crippen LogP contribution in [0.4, 0.5) is 37.7 Å². The van der Waals surface area contributed by atoms with Crippen LogP contribution in [-0.2, 0) is 12.4 Å². The van der Waals surface area contributed by atoms with Crippen LogP contribution in [-0.4, -0.2) is 4.98 Å². The number of nitrogen functional groups attached to an aromatic ring is 2. The molecule has 3 aromatic rings. The number of nitrogens with zero attached hydrogens (tertiary/aromatic N) is 1. The molecule has 4 N–H and O–H groups in total. The van der Waals surface area contributed by atoms with Gasteiger partial charge in [-0.1, -0.05) is 47.8 Å². The van der Waals surface area contributed by atoms with E-state index in [1.165, 1.54) is 24.3 Å². The van der Waals surface area contributed by atoms with Gasteiger partial charge in [0, 0.05) is 21.2 Å². The highest BCUT2D eigenvalue weighted by atomic mass is 32.2. The van der Waals surface area contributed by atoms with Crippen molar-refractivity contribution in [2.75, 3.05) is 11.5 Å². The van der Waals surface area contributed by atoms with E-state index in [4.69, 9.17) is 11.5 Å². The van der Waals surface area contributed by atoms with Gasteiger partial charge < -0.3 is 11.5 Å². The highest BCUT2D eigenvalue weighted by Crippen LogP contribution is 2.46. The number of rotatable bonds is 4. The topological polar surface area (TPSA) is 64.9 Å². The second-order valence-corrected chi connectivity index (χ2v) is 8.03. The predicted octanol–water partition coefficient (Wildman–Crippen LogP) is 6.59. The number of alkyl halides is 6. The van der Waals surface area contributed by atoms with E-state index in [-0.39, 0.29) is 27.2 Å². The SMILES string of the molecule is Nc1ccccc1Sc1nc(Sc2ccccc2N)c(C(F)(F)F)cc1C(F)(F)F. The molecule has 0 spiro atoms. The molecule has 0 fully saturated rings. The van der Waals surface area contributed by atoms with Crippen LogP contribution >= 0.6 is 23.5 Å². The molecule has 0 atom stereocenters. The van der Waals surface area contributed by atoms with Crippen molar-refractivity contribution < 1.29 is 26.3 Å². The molecule has 11 heteroatoms. The summed E-state index contributed by atoms with van der Waals surface area (Å²) in [5.41, 5.74) is 8.93. The van der Waals surface area contributed by atoms with E-state index in [0.29, 0.717) is 23.5 Å². The first kappa shape index (κ1) is 22.2. The Morgan fingerprint density at radius 1 is 0.633 bits per heavy atom. The lowest BCUT2D eigenvalue weighted by molar-refractivity contribution is -0.146. The number of pyridine rings is 1. The van der Waals surface area contributed by atoms with Gasteiger partial charge in [0.25, 0.3) is 0 Å². The second kappa shape index (κ2) is 8.31. The van der Waals surface area contributed by atoms with Gasteiger partial charge in [0.1, 0.15) is 10.1 Å². The van der Waals surface area contributed by atoms with Gasteiger partial charge in [0.15, 0.2) is 0 Å². The van der Waals surface area contributed by atoms with Gasteiger partial charge in [-0.25, -0.2) is 4.98 Å². The molecule has 1 aromatic heterocycles. The molecule has 30 heavy (non-hydrogen) atoms. The maximum absolute atomic E-state index is 13.6. The summed E-state index contributed by atoms with van der Waals surface area (Å²) in [4.78, 5) is 4.24. The highest BCUT2D eigenvalue weighted by molar-refractivity contribution is 8.00. The number of para-hydroxylation sites is 2. The Hall–Kier alpha value is -2.53. The molecule has 0 aliphatic rings. The third-order valence-electron chi connectivity index (χ3n) is 3.81. The largest absolute Gasteiger partial charge is 0.419 e. The van der Waals surface area contributed by atoms with Crippen molar-refractivity contribution in [1.29, 1.82) is 0 Å². The van der Waals surface area contributed by atoms with Crippen LogP contribution in [0.5, 0.6) is 0 Å². The average molecular weight is 461 g/mol. The van der Waals surface area contributed by atoms with Crippen molar-refractivity contribution in [3.05, 3.63) is 65.7 Å². The Bertz CT molecular complexity index is 986. The van der Waals surface area contributed by atoms with E-state index in [1.807, 2.05) is 0 Å². The van der Waals surface area contributed by atoms with Crippen molar-refractivity contribution >= 4 is 34.9 Å². The van der Waals surface area contributed by atoms with Crippen molar-refractivity contribution in [3.8, 4) is 0 Å². The maximum atomic E-state index is 13.6. The van der Waals surface area contributed by atoms with Gasteiger partial charge in [-0.15, -0.1) is 0 Å². The van der Waals surface area contributed by atoms with Gasteiger partial charge in [-0.05, 0) is 30.3 Å². The first-order chi connectivity index (χ1) is 14.0. The molecular formula is C19H13F6N3S2. The highest BCUT2D eigenvalue weighted by Gasteiger charge is 2.41. The van der Waals surface area contributed by atoms with E-state index < -0.39 is 33.5 Å². The third kappa shape index (κ3) is 4.96. The molecule has 0 aliphatic carbocycles. The Kier molecular flexibility index (Phi) is 6.14. The number of anilines is 2. The Labute approximate surface area is 175 Å². The molecule has 0 bridgehead atoms. The van der Waals surface area contributed by atoms with Crippen molar-refractivity contribution in [2.24, 2.45) is 0 Å². The lowest BCUT2D eigenvalue weighted by Crippen LogP contribution is -2.15. The van der Waals surface area contributed by atoms with Gasteiger partial charge in [-0.3, -0.25) is 0 Å². The third-order valence-corrected chi connectivity index (χ3v) is 6.01. The van der Waals surface area contributed by atoms with Gasteiger partial charge in [0.2, 0.25) is 0 Å². The molecule has 3 nitrogen and oxygen atoms in total. The van der Waals surface area contributed by atoms with E-state index in [2.05, 4.69) is 4.98 Å². The zero-order valence-corrected chi connectivity index (χ0v) is 16.5. The summed E-state index contributed by atoms with van der Waals surface area (Å²) in [5.74, 6) is 0. The molecule has 0 aliphatic heterocycles. The lowest BCUT2D eigenvalue weighted by atomic mass is 10.2. The minimum atomic E-state index is -5.05. The summed E-state index contributed by atoms with van der Waals surface area (Å²) < 4.78 is 81.4. The van der Waals surface area contributed by atoms with Crippen molar-refractivity contribution in [2.45, 2.75) is 32.2 Å². The number of nitrogens with two attached hydrogens (primary N) is 2. The molecule has 158 valence electrons. The fourth-order valence-corrected chi connectivity index (χ4v) is 4.38. The van der Waals surface area contributed by atoms with Crippen LogP contribution in [0.1, 0.15) is 11.1 Å². The molecule has 0 amide bonds. The van der Waals surface area contributed by atoms with Crippen LogP contribution < -0.4 is 11.5 Å². The maximum Gasteiger partial charge on any atom is 0.419 e. The van der Waals surface area contributed by atoms with E-state index >= 15 is 0 Å². The Morgan fingerprint density at radius 3 is 1.33 bits per heavy atom. The normalized spacial score (nSPS) is 12.2. The first-order valence-electron chi connectivity index (χ1n) is 8.21. The zero-order valence-electron chi connectivity index (χ0n) is 14.9. The molecule has 2 aromatic carbocycles. The molecule has 3 rings (SSSR count). The van der Waals surface area contributed by atoms with Crippen molar-refractivity contribution in [1.82, 2.24) is 4.98 Å². The monoisotopic (exact) mass is 461 g/mol. The predicted molar refractivity (Wildman–Crippen MR) is 104 cm³/mol. The van der Waals surface area contributed by atoms with Crippen molar-refractivity contribution in [3.63, 3.8) is 0 Å². The van der Waals surface area contributed by atoms with Gasteiger partial charge in [0.05, 0.1) is 11.1 Å². The van der Waals surface area contributed by atoms with E-state index in [9.17, 15) is 26.3 Å². The smallest absolute Gasteiger partial charge is 0.398 e. The number of aromatic nitrogens is 1. The minimum absolute atomic E-state index is 0.0793. The number of hydrogen-bond acceptors (Lipinski definition) is 5. The van der Waals surface area contributed by atoms with Crippen LogP contribution in [0.2, 0.25) is 0 Å². The molecular weight excluding hydrogens is 448 g/mol. The summed E-state index contributed by atoms with van der Waals surface area (Å²) in [7, 11) is 0. The number of benzene rings is 2. The standard InChI is InChI=1S/C19H13F6N3S2/c20-18(21,22)10-9-11(19(23,24)25)17(30-15-8-4-2-6-13(15)27)28-16(10)29-14-7-3-1-5-12(14)26/h1-9H,26-27H2. The number of halogens is 6. The van der Waals surface area contributed by atoms with Crippen LogP contribution in [0.15, 0.2) is 74.4 Å². The minimum Gasteiger partial charge on any atom is -0.398 e. The summed E-state index contributed by atoms with van der Waals surface area (Å²) in [6.07, 6.45) is -10.1. The lowest BCUT2D eigenvalue weighted by Gasteiger charge is -2.18. The first-order valence-corrected chi connectivity index (χ1v) is 9.84. The summed E-state index contributed by atoms with van der Waals surface area (Å²) >= 11 is 1.10. The fourth-order valence-electron chi connectivity index (χ4n) is 2.40. The average Bonchev–Trinajstić information content (AvgIpc) is 2.63. The fraction of sp³-hybridized carbons (Fsp3) is 0.105. The molecule has 0 radical (unpaired) electrons. The van der Waals surface area contributed by atoms with Crippen LogP contribution in [0.3, 0.4) is 0 Å². The van der Waals surface area contributed by atoms with Gasteiger partial charge in [-0.2, -0.15) is 26.3 Å². The quantitative estimate of drug-likeness (QED) is 0.339. The molecule has 0 unspecified atom stereocenters. The van der Waals surface area contributed by atoms with E-state index in [0.717, 1.165) is 0 Å². The van der Waals surface area contributed by atoms with Crippen LogP contribution in [0.25, 0.3) is 0 Å². The number of hydrogen-bond donors (Lipinski definition) is 2. The second-order valence-electron chi connectivity index (χ2n) is 5.97. The molecule has 0 saturated heterocycles. The zero-order chi connectivity index (χ0) is 22.1. The van der Waals surface area contributed by atoms with Gasteiger partial charge >= 0.3 is 12.4 Å². The molecule has 1 heterocycles. The van der Waals surface area contributed by atoms with E-state index in [1.54, 1.807) is 24.3 Å². The summed E-state index contributed by atoms with van der Waals surface area (Å²) in [6, 6.07) is 12.2. The van der Waals surface area contributed by atoms with Crippen LogP contribution in [0, 0.1) is 0 Å². The summed E-state index contributed by atoms with van der Waals surface area (Å²) in [6.45, 7) is 0.